The molecule has 0 saturated heterocycles. The molecule has 0 heterocycles. The number of nitrogens with one attached hydrogen (secondary N) is 2. The van der Waals surface area contributed by atoms with Crippen molar-refractivity contribution in [2.75, 3.05) is 25.1 Å². The SMILES string of the molecule is CCNC(=NCc1ccc2ccccc2c1)NCCSC. The third kappa shape index (κ3) is 4.97. The number of benzene rings is 2. The van der Waals surface area contributed by atoms with Gasteiger partial charge in [0.15, 0.2) is 5.96 Å². The summed E-state index contributed by atoms with van der Waals surface area (Å²) in [6.45, 7) is 4.59. The average molecular weight is 301 g/mol. The standard InChI is InChI=1S/C17H23N3S/c1-3-18-17(19-10-11-21-2)20-13-14-8-9-15-6-4-5-7-16(15)12-14/h4-9,12H,3,10-11,13H2,1-2H3,(H2,18,19,20). The molecular formula is C17H23N3S. The Hall–Kier alpha value is -1.68. The fourth-order valence-electron chi connectivity index (χ4n) is 2.12. The maximum atomic E-state index is 4.65. The Morgan fingerprint density at radius 3 is 2.67 bits per heavy atom. The molecule has 0 aromatic heterocycles. The number of guanidine groups is 1. The molecule has 3 nitrogen and oxygen atoms in total. The van der Waals surface area contributed by atoms with Crippen LogP contribution in [0.5, 0.6) is 0 Å². The van der Waals surface area contributed by atoms with Crippen LogP contribution in [0.3, 0.4) is 0 Å². The molecule has 112 valence electrons. The van der Waals surface area contributed by atoms with Crippen LogP contribution in [0.4, 0.5) is 0 Å². The van der Waals surface area contributed by atoms with Crippen LogP contribution in [0.25, 0.3) is 10.8 Å². The van der Waals surface area contributed by atoms with Gasteiger partial charge in [0.25, 0.3) is 0 Å². The monoisotopic (exact) mass is 301 g/mol. The topological polar surface area (TPSA) is 36.4 Å². The Kier molecular flexibility index (Phi) is 6.41. The summed E-state index contributed by atoms with van der Waals surface area (Å²) in [4.78, 5) is 4.65. The highest BCUT2D eigenvalue weighted by atomic mass is 32.2. The van der Waals surface area contributed by atoms with Gasteiger partial charge < -0.3 is 10.6 Å². The summed E-state index contributed by atoms with van der Waals surface area (Å²) in [5.74, 6) is 1.97. The van der Waals surface area contributed by atoms with E-state index in [9.17, 15) is 0 Å². The molecule has 0 aliphatic heterocycles. The van der Waals surface area contributed by atoms with E-state index in [1.165, 1.54) is 16.3 Å². The number of nitrogens with zero attached hydrogens (tertiary/aromatic N) is 1. The van der Waals surface area contributed by atoms with Gasteiger partial charge in [-0.3, -0.25) is 0 Å². The van der Waals surface area contributed by atoms with E-state index in [0.29, 0.717) is 6.54 Å². The smallest absolute Gasteiger partial charge is 0.191 e. The van der Waals surface area contributed by atoms with Gasteiger partial charge in [0, 0.05) is 18.8 Å². The molecule has 0 radical (unpaired) electrons. The van der Waals surface area contributed by atoms with E-state index in [-0.39, 0.29) is 0 Å². The lowest BCUT2D eigenvalue weighted by molar-refractivity contribution is 0.843. The van der Waals surface area contributed by atoms with Crippen LogP contribution >= 0.6 is 11.8 Å². The van der Waals surface area contributed by atoms with Gasteiger partial charge in [0.1, 0.15) is 0 Å². The molecule has 0 amide bonds. The van der Waals surface area contributed by atoms with Crippen molar-refractivity contribution in [1.82, 2.24) is 10.6 Å². The number of hydrogen-bond donors (Lipinski definition) is 2. The van der Waals surface area contributed by atoms with Crippen LogP contribution in [0, 0.1) is 0 Å². The first kappa shape index (κ1) is 15.7. The van der Waals surface area contributed by atoms with Crippen molar-refractivity contribution in [2.24, 2.45) is 4.99 Å². The third-order valence-corrected chi connectivity index (χ3v) is 3.79. The number of aliphatic imine (C=N–C) groups is 1. The predicted octanol–water partition coefficient (Wildman–Crippen LogP) is 3.26. The molecular weight excluding hydrogens is 278 g/mol. The van der Waals surface area contributed by atoms with Crippen molar-refractivity contribution >= 4 is 28.5 Å². The van der Waals surface area contributed by atoms with Crippen molar-refractivity contribution in [3.63, 3.8) is 0 Å². The fourth-order valence-corrected chi connectivity index (χ4v) is 2.43. The van der Waals surface area contributed by atoms with Crippen LogP contribution < -0.4 is 10.6 Å². The first-order valence-electron chi connectivity index (χ1n) is 7.32. The summed E-state index contributed by atoms with van der Waals surface area (Å²) in [7, 11) is 0. The van der Waals surface area contributed by atoms with Gasteiger partial charge in [-0.25, -0.2) is 4.99 Å². The van der Waals surface area contributed by atoms with Crippen molar-refractivity contribution in [3.8, 4) is 0 Å². The number of fused-ring (bicyclic) bond motifs is 1. The predicted molar refractivity (Wildman–Crippen MR) is 95.1 cm³/mol. The lowest BCUT2D eigenvalue weighted by Gasteiger charge is -2.10. The van der Waals surface area contributed by atoms with E-state index in [1.54, 1.807) is 0 Å². The first-order chi connectivity index (χ1) is 10.3. The molecule has 2 N–H and O–H groups in total. The highest BCUT2D eigenvalue weighted by Crippen LogP contribution is 2.16. The molecule has 0 fully saturated rings. The van der Waals surface area contributed by atoms with E-state index in [4.69, 9.17) is 0 Å². The molecule has 0 aliphatic rings. The van der Waals surface area contributed by atoms with E-state index in [0.717, 1.165) is 24.8 Å². The molecule has 0 bridgehead atoms. The van der Waals surface area contributed by atoms with Gasteiger partial charge in [0.2, 0.25) is 0 Å². The van der Waals surface area contributed by atoms with Crippen LogP contribution in [0.15, 0.2) is 47.5 Å². The Labute approximate surface area is 131 Å². The first-order valence-corrected chi connectivity index (χ1v) is 8.71. The normalized spacial score (nSPS) is 11.6. The lowest BCUT2D eigenvalue weighted by atomic mass is 10.1. The van der Waals surface area contributed by atoms with E-state index >= 15 is 0 Å². The maximum absolute atomic E-state index is 4.65. The summed E-state index contributed by atoms with van der Waals surface area (Å²) in [5.41, 5.74) is 1.23. The molecule has 2 aromatic rings. The van der Waals surface area contributed by atoms with Crippen LogP contribution in [0.1, 0.15) is 12.5 Å². The highest BCUT2D eigenvalue weighted by Gasteiger charge is 1.98. The molecule has 0 saturated carbocycles. The molecule has 21 heavy (non-hydrogen) atoms. The van der Waals surface area contributed by atoms with Crippen LogP contribution in [0.2, 0.25) is 0 Å². The van der Waals surface area contributed by atoms with Crippen LogP contribution in [-0.2, 0) is 6.54 Å². The van der Waals surface area contributed by atoms with Crippen molar-refractivity contribution in [2.45, 2.75) is 13.5 Å². The molecule has 4 heteroatoms. The molecule has 0 atom stereocenters. The third-order valence-electron chi connectivity index (χ3n) is 3.18. The minimum atomic E-state index is 0.694. The van der Waals surface area contributed by atoms with E-state index < -0.39 is 0 Å². The summed E-state index contributed by atoms with van der Waals surface area (Å²) < 4.78 is 0. The summed E-state index contributed by atoms with van der Waals surface area (Å²) >= 11 is 1.83. The van der Waals surface area contributed by atoms with Gasteiger partial charge in [-0.2, -0.15) is 11.8 Å². The largest absolute Gasteiger partial charge is 0.357 e. The van der Waals surface area contributed by atoms with Crippen molar-refractivity contribution in [3.05, 3.63) is 48.0 Å². The zero-order valence-corrected chi connectivity index (χ0v) is 13.5. The van der Waals surface area contributed by atoms with Crippen molar-refractivity contribution in [1.29, 1.82) is 0 Å². The second kappa shape index (κ2) is 8.57. The molecule has 0 unspecified atom stereocenters. The Balaban J connectivity index is 2.03. The van der Waals surface area contributed by atoms with Crippen LogP contribution in [-0.4, -0.2) is 31.1 Å². The number of hydrogen-bond acceptors (Lipinski definition) is 2. The maximum Gasteiger partial charge on any atom is 0.191 e. The zero-order valence-electron chi connectivity index (χ0n) is 12.7. The Bertz CT molecular complexity index is 595. The molecule has 0 spiro atoms. The fraction of sp³-hybridized carbons (Fsp3) is 0.353. The Morgan fingerprint density at radius 2 is 1.90 bits per heavy atom. The Morgan fingerprint density at radius 1 is 1.10 bits per heavy atom. The van der Waals surface area contributed by atoms with E-state index in [1.807, 2.05) is 11.8 Å². The highest BCUT2D eigenvalue weighted by molar-refractivity contribution is 7.98. The lowest BCUT2D eigenvalue weighted by Crippen LogP contribution is -2.38. The minimum absolute atomic E-state index is 0.694. The molecule has 0 aliphatic carbocycles. The second-order valence-corrected chi connectivity index (χ2v) is 5.78. The minimum Gasteiger partial charge on any atom is -0.357 e. The summed E-state index contributed by atoms with van der Waals surface area (Å²) in [6, 6.07) is 14.9. The average Bonchev–Trinajstić information content (AvgIpc) is 2.52. The molecule has 2 rings (SSSR count). The van der Waals surface area contributed by atoms with Gasteiger partial charge in [-0.05, 0) is 35.6 Å². The summed E-state index contributed by atoms with van der Waals surface area (Å²) in [6.07, 6.45) is 2.11. The quantitative estimate of drug-likeness (QED) is 0.488. The zero-order chi connectivity index (χ0) is 14.9. The van der Waals surface area contributed by atoms with E-state index in [2.05, 4.69) is 71.3 Å². The van der Waals surface area contributed by atoms with Gasteiger partial charge in [-0.15, -0.1) is 0 Å². The van der Waals surface area contributed by atoms with Gasteiger partial charge in [0.05, 0.1) is 6.54 Å². The molecule has 2 aromatic carbocycles. The van der Waals surface area contributed by atoms with Gasteiger partial charge in [-0.1, -0.05) is 36.4 Å². The second-order valence-electron chi connectivity index (χ2n) is 4.80. The van der Waals surface area contributed by atoms with Gasteiger partial charge >= 0.3 is 0 Å². The number of thioether (sulfide) groups is 1. The van der Waals surface area contributed by atoms with Crippen molar-refractivity contribution < 1.29 is 0 Å². The summed E-state index contributed by atoms with van der Waals surface area (Å²) in [5, 5.41) is 9.17. The number of rotatable bonds is 6.